The minimum Gasteiger partial charge on any atom is -0.486 e. The first-order valence-electron chi connectivity index (χ1n) is 10.8. The van der Waals surface area contributed by atoms with Gasteiger partial charge in [0.25, 0.3) is 5.91 Å². The molecule has 33 heavy (non-hydrogen) atoms. The van der Waals surface area contributed by atoms with E-state index in [1.54, 1.807) is 17.1 Å². The van der Waals surface area contributed by atoms with Crippen molar-refractivity contribution in [1.82, 2.24) is 24.8 Å². The molecule has 3 aromatic rings. The highest BCUT2D eigenvalue weighted by molar-refractivity contribution is 5.93. The molecule has 8 heteroatoms. The van der Waals surface area contributed by atoms with Gasteiger partial charge in [0.05, 0.1) is 11.7 Å². The summed E-state index contributed by atoms with van der Waals surface area (Å²) >= 11 is 0. The zero-order valence-electron chi connectivity index (χ0n) is 18.6. The molecule has 2 aromatic heterocycles. The fraction of sp³-hybridized carbons (Fsp3) is 0.280. The van der Waals surface area contributed by atoms with Crippen LogP contribution in [0.2, 0.25) is 0 Å². The highest BCUT2D eigenvalue weighted by atomic mass is 16.5. The molecule has 0 radical (unpaired) electrons. The van der Waals surface area contributed by atoms with Gasteiger partial charge in [-0.05, 0) is 50.5 Å². The summed E-state index contributed by atoms with van der Waals surface area (Å²) in [5.41, 5.74) is 2.41. The fourth-order valence-electron chi connectivity index (χ4n) is 4.08. The number of aromatic nitrogens is 4. The van der Waals surface area contributed by atoms with Crippen LogP contribution >= 0.6 is 0 Å². The Hall–Kier alpha value is -3.94. The summed E-state index contributed by atoms with van der Waals surface area (Å²) < 4.78 is 12.8. The van der Waals surface area contributed by atoms with Crippen molar-refractivity contribution in [3.05, 3.63) is 91.4 Å². The van der Waals surface area contributed by atoms with Crippen molar-refractivity contribution in [1.29, 1.82) is 0 Å². The topological polar surface area (TPSA) is 86.3 Å². The molecule has 170 valence electrons. The van der Waals surface area contributed by atoms with E-state index in [1.165, 1.54) is 11.9 Å². The van der Waals surface area contributed by atoms with Crippen LogP contribution in [0, 0.1) is 0 Å². The number of carbonyl (C=O) groups is 1. The molecule has 0 aliphatic carbocycles. The molecule has 4 rings (SSSR count). The van der Waals surface area contributed by atoms with Crippen LogP contribution in [0.1, 0.15) is 42.4 Å². The lowest BCUT2D eigenvalue weighted by atomic mass is 9.92. The van der Waals surface area contributed by atoms with Crippen molar-refractivity contribution >= 4 is 5.91 Å². The number of carbonyl (C=O) groups excluding carboxylic acids is 1. The standard InChI is InChI=1S/C25H27N5O3/c1-4-6-20-12-18(3)13-21(7-5-2)30(20)25(31)24-14-23(33-28-24)15-32-22-10-8-19(9-11-22)29-17-26-16-27-29/h4-5,8-12,14,16-17,20-21H,1-2,6-7,13,15H2,3H3/t20-,21-/m0/s1. The molecule has 8 nitrogen and oxygen atoms in total. The Balaban J connectivity index is 1.43. The van der Waals surface area contributed by atoms with Gasteiger partial charge in [-0.3, -0.25) is 4.79 Å². The van der Waals surface area contributed by atoms with Crippen LogP contribution in [-0.4, -0.2) is 42.8 Å². The molecule has 3 heterocycles. The van der Waals surface area contributed by atoms with Gasteiger partial charge >= 0.3 is 0 Å². The van der Waals surface area contributed by atoms with Crippen LogP contribution in [-0.2, 0) is 6.61 Å². The van der Waals surface area contributed by atoms with E-state index in [0.29, 0.717) is 24.4 Å². The van der Waals surface area contributed by atoms with Gasteiger partial charge in [0, 0.05) is 12.1 Å². The second-order valence-electron chi connectivity index (χ2n) is 8.00. The first-order chi connectivity index (χ1) is 16.1. The van der Waals surface area contributed by atoms with Crippen molar-refractivity contribution in [3.63, 3.8) is 0 Å². The first-order valence-corrected chi connectivity index (χ1v) is 10.8. The van der Waals surface area contributed by atoms with Gasteiger partial charge in [-0.1, -0.05) is 29.0 Å². The van der Waals surface area contributed by atoms with Crippen molar-refractivity contribution in [2.75, 3.05) is 0 Å². The fourth-order valence-corrected chi connectivity index (χ4v) is 4.08. The quantitative estimate of drug-likeness (QED) is 0.450. The number of rotatable bonds is 9. The zero-order chi connectivity index (χ0) is 23.2. The van der Waals surface area contributed by atoms with Crippen LogP contribution in [0.15, 0.2) is 84.5 Å². The van der Waals surface area contributed by atoms with E-state index in [4.69, 9.17) is 9.26 Å². The molecule has 1 aliphatic rings. The SMILES string of the molecule is C=CC[C@H]1CC(C)=C[C@H](CC=C)N1C(=O)c1cc(COc2ccc(-n3cncn3)cc2)on1. The minimum absolute atomic E-state index is 0.0323. The van der Waals surface area contributed by atoms with Gasteiger partial charge < -0.3 is 14.2 Å². The van der Waals surface area contributed by atoms with Crippen LogP contribution in [0.4, 0.5) is 0 Å². The Kier molecular flexibility index (Phi) is 6.83. The maximum atomic E-state index is 13.4. The Morgan fingerprint density at radius 2 is 2.03 bits per heavy atom. The maximum Gasteiger partial charge on any atom is 0.276 e. The van der Waals surface area contributed by atoms with Crippen molar-refractivity contribution in [3.8, 4) is 11.4 Å². The minimum atomic E-state index is -0.162. The predicted molar refractivity (Wildman–Crippen MR) is 124 cm³/mol. The monoisotopic (exact) mass is 445 g/mol. The second-order valence-corrected chi connectivity index (χ2v) is 8.00. The third kappa shape index (κ3) is 5.11. The molecule has 1 aliphatic heterocycles. The van der Waals surface area contributed by atoms with E-state index in [1.807, 2.05) is 41.3 Å². The van der Waals surface area contributed by atoms with E-state index in [-0.39, 0.29) is 30.3 Å². The Labute approximate surface area is 192 Å². The number of nitrogens with zero attached hydrogens (tertiary/aromatic N) is 5. The summed E-state index contributed by atoms with van der Waals surface area (Å²) in [6.07, 6.45) is 11.1. The molecule has 1 aromatic carbocycles. The van der Waals surface area contributed by atoms with E-state index in [0.717, 1.165) is 12.1 Å². The summed E-state index contributed by atoms with van der Waals surface area (Å²) in [4.78, 5) is 19.2. The Morgan fingerprint density at radius 1 is 1.24 bits per heavy atom. The summed E-state index contributed by atoms with van der Waals surface area (Å²) in [5, 5.41) is 8.12. The van der Waals surface area contributed by atoms with E-state index in [2.05, 4.69) is 41.4 Å². The number of benzene rings is 1. The third-order valence-corrected chi connectivity index (χ3v) is 5.55. The van der Waals surface area contributed by atoms with Gasteiger partial charge in [-0.25, -0.2) is 9.67 Å². The molecule has 0 saturated carbocycles. The number of hydrogen-bond acceptors (Lipinski definition) is 6. The lowest BCUT2D eigenvalue weighted by Gasteiger charge is -2.40. The van der Waals surface area contributed by atoms with Gasteiger partial charge in [-0.2, -0.15) is 5.10 Å². The van der Waals surface area contributed by atoms with Crippen molar-refractivity contribution in [2.24, 2.45) is 0 Å². The highest BCUT2D eigenvalue weighted by Gasteiger charge is 2.34. The third-order valence-electron chi connectivity index (χ3n) is 5.55. The molecular weight excluding hydrogens is 418 g/mol. The highest BCUT2D eigenvalue weighted by Crippen LogP contribution is 2.28. The molecule has 0 fully saturated rings. The van der Waals surface area contributed by atoms with Crippen LogP contribution < -0.4 is 4.74 Å². The van der Waals surface area contributed by atoms with E-state index >= 15 is 0 Å². The average molecular weight is 446 g/mol. The second kappa shape index (κ2) is 10.1. The molecule has 0 saturated heterocycles. The van der Waals surface area contributed by atoms with Gasteiger partial charge in [-0.15, -0.1) is 13.2 Å². The lowest BCUT2D eigenvalue weighted by Crippen LogP contribution is -2.48. The predicted octanol–water partition coefficient (Wildman–Crippen LogP) is 4.52. The van der Waals surface area contributed by atoms with Crippen molar-refractivity contribution < 1.29 is 14.1 Å². The van der Waals surface area contributed by atoms with E-state index < -0.39 is 0 Å². The number of amides is 1. The molecule has 0 spiro atoms. The van der Waals surface area contributed by atoms with Crippen LogP contribution in [0.3, 0.4) is 0 Å². The number of hydrogen-bond donors (Lipinski definition) is 0. The van der Waals surface area contributed by atoms with Gasteiger partial charge in [0.2, 0.25) is 0 Å². The average Bonchev–Trinajstić information content (AvgIpc) is 3.51. The van der Waals surface area contributed by atoms with Crippen LogP contribution in [0.5, 0.6) is 5.75 Å². The largest absolute Gasteiger partial charge is 0.486 e. The molecule has 0 unspecified atom stereocenters. The molecule has 1 amide bonds. The van der Waals surface area contributed by atoms with Gasteiger partial charge in [0.1, 0.15) is 25.0 Å². The Morgan fingerprint density at radius 3 is 2.73 bits per heavy atom. The smallest absolute Gasteiger partial charge is 0.276 e. The number of ether oxygens (including phenoxy) is 1. The molecular formula is C25H27N5O3. The molecule has 2 atom stereocenters. The van der Waals surface area contributed by atoms with Crippen molar-refractivity contribution in [2.45, 2.75) is 44.9 Å². The maximum absolute atomic E-state index is 13.4. The molecule has 0 N–H and O–H groups in total. The van der Waals surface area contributed by atoms with E-state index in [9.17, 15) is 4.79 Å². The first kappa shape index (κ1) is 22.3. The summed E-state index contributed by atoms with van der Waals surface area (Å²) in [6, 6.07) is 9.05. The summed E-state index contributed by atoms with van der Waals surface area (Å²) in [7, 11) is 0. The lowest BCUT2D eigenvalue weighted by molar-refractivity contribution is 0.0590. The summed E-state index contributed by atoms with van der Waals surface area (Å²) in [6.45, 7) is 9.96. The molecule has 0 bridgehead atoms. The van der Waals surface area contributed by atoms with Gasteiger partial charge in [0.15, 0.2) is 11.5 Å². The zero-order valence-corrected chi connectivity index (χ0v) is 18.6. The normalized spacial score (nSPS) is 18.0. The Bertz CT molecular complexity index is 1130. The van der Waals surface area contributed by atoms with Crippen LogP contribution in [0.25, 0.3) is 5.69 Å². The summed E-state index contributed by atoms with van der Waals surface area (Å²) in [5.74, 6) is 0.976.